The van der Waals surface area contributed by atoms with Gasteiger partial charge in [-0.15, -0.1) is 11.3 Å². The van der Waals surface area contributed by atoms with E-state index in [9.17, 15) is 0 Å². The van der Waals surface area contributed by atoms with Gasteiger partial charge in [0.05, 0.1) is 4.34 Å². The van der Waals surface area contributed by atoms with Crippen molar-refractivity contribution in [3.8, 4) is 0 Å². The highest BCUT2D eigenvalue weighted by atomic mass is 35.5. The Hall–Kier alpha value is -0.830. The normalized spacial score (nSPS) is 24.6. The molecule has 17 heavy (non-hydrogen) atoms. The molecular weight excluding hydrogens is 250 g/mol. The Balaban J connectivity index is 1.73. The van der Waals surface area contributed by atoms with Gasteiger partial charge in [-0.2, -0.15) is 0 Å². The molecule has 3 rings (SSSR count). The average Bonchev–Trinajstić information content (AvgIpc) is 3.05. The fourth-order valence-electron chi connectivity index (χ4n) is 2.41. The van der Waals surface area contributed by atoms with E-state index in [0.717, 1.165) is 4.34 Å². The van der Waals surface area contributed by atoms with E-state index in [1.807, 2.05) is 6.07 Å². The summed E-state index contributed by atoms with van der Waals surface area (Å²) in [5.74, 6) is 1.21. The van der Waals surface area contributed by atoms with Crippen molar-refractivity contribution >= 4 is 22.9 Å². The molecule has 0 aliphatic heterocycles. The smallest absolute Gasteiger partial charge is 0.0931 e. The Kier molecular flexibility index (Phi) is 2.95. The molecule has 88 valence electrons. The van der Waals surface area contributed by atoms with E-state index < -0.39 is 0 Å². The quantitative estimate of drug-likeness (QED) is 0.882. The van der Waals surface area contributed by atoms with Gasteiger partial charge >= 0.3 is 0 Å². The van der Waals surface area contributed by atoms with Crippen LogP contribution in [0.1, 0.15) is 28.8 Å². The van der Waals surface area contributed by atoms with Crippen LogP contribution in [-0.2, 0) is 0 Å². The monoisotopic (exact) mass is 263 g/mol. The van der Waals surface area contributed by atoms with Crippen LogP contribution in [-0.4, -0.2) is 0 Å². The summed E-state index contributed by atoms with van der Waals surface area (Å²) in [6.45, 7) is 0. The van der Waals surface area contributed by atoms with Crippen LogP contribution in [0.4, 0.5) is 0 Å². The minimum absolute atomic E-state index is 0.137. The van der Waals surface area contributed by atoms with Crippen LogP contribution >= 0.6 is 22.9 Å². The maximum Gasteiger partial charge on any atom is 0.0931 e. The summed E-state index contributed by atoms with van der Waals surface area (Å²) in [5, 5.41) is 0. The molecular formula is C14H14ClNS. The zero-order valence-corrected chi connectivity index (χ0v) is 10.9. The third-order valence-electron chi connectivity index (χ3n) is 3.45. The summed E-state index contributed by atoms with van der Waals surface area (Å²) < 4.78 is 0.826. The first-order valence-corrected chi connectivity index (χ1v) is 7.01. The molecule has 2 aromatic rings. The second kappa shape index (κ2) is 4.45. The molecule has 0 spiro atoms. The maximum absolute atomic E-state index is 6.29. The van der Waals surface area contributed by atoms with Crippen LogP contribution in [0.2, 0.25) is 4.34 Å². The van der Waals surface area contributed by atoms with E-state index in [1.54, 1.807) is 11.3 Å². The third kappa shape index (κ3) is 2.25. The second-order valence-electron chi connectivity index (χ2n) is 4.58. The van der Waals surface area contributed by atoms with Gasteiger partial charge in [-0.1, -0.05) is 41.9 Å². The summed E-state index contributed by atoms with van der Waals surface area (Å²) in [6.07, 6.45) is 1.20. The highest BCUT2D eigenvalue weighted by Gasteiger charge is 2.43. The summed E-state index contributed by atoms with van der Waals surface area (Å²) in [5.41, 5.74) is 7.71. The van der Waals surface area contributed by atoms with Crippen LogP contribution in [0.15, 0.2) is 42.5 Å². The van der Waals surface area contributed by atoms with Crippen LogP contribution in [0.5, 0.6) is 0 Å². The van der Waals surface area contributed by atoms with Gasteiger partial charge in [-0.05, 0) is 36.0 Å². The Bertz CT molecular complexity index is 508. The van der Waals surface area contributed by atoms with Gasteiger partial charge in [0.15, 0.2) is 0 Å². The fraction of sp³-hybridized carbons (Fsp3) is 0.286. The molecule has 3 atom stereocenters. The van der Waals surface area contributed by atoms with E-state index in [2.05, 4.69) is 36.4 Å². The first-order chi connectivity index (χ1) is 8.25. The van der Waals surface area contributed by atoms with Gasteiger partial charge in [0, 0.05) is 10.9 Å². The molecule has 3 unspecified atom stereocenters. The molecule has 1 nitrogen and oxygen atoms in total. The molecule has 3 heteroatoms. The largest absolute Gasteiger partial charge is 0.323 e. The Labute approximate surface area is 110 Å². The number of hydrogen-bond donors (Lipinski definition) is 1. The lowest BCUT2D eigenvalue weighted by atomic mass is 10.1. The SMILES string of the molecule is NC(c1ccc(Cl)s1)C1CC1c1ccccc1. The molecule has 0 radical (unpaired) electrons. The van der Waals surface area contributed by atoms with Gasteiger partial charge < -0.3 is 5.73 Å². The highest BCUT2D eigenvalue weighted by Crippen LogP contribution is 2.53. The van der Waals surface area contributed by atoms with Gasteiger partial charge in [0.2, 0.25) is 0 Å². The van der Waals surface area contributed by atoms with Gasteiger partial charge in [-0.3, -0.25) is 0 Å². The maximum atomic E-state index is 6.29. The molecule has 0 bridgehead atoms. The van der Waals surface area contributed by atoms with Crippen molar-refractivity contribution in [2.24, 2.45) is 11.7 Å². The zero-order valence-electron chi connectivity index (χ0n) is 9.34. The second-order valence-corrected chi connectivity index (χ2v) is 6.33. The molecule has 1 saturated carbocycles. The minimum atomic E-state index is 0.137. The molecule has 2 N–H and O–H groups in total. The van der Waals surface area contributed by atoms with Crippen molar-refractivity contribution in [1.29, 1.82) is 0 Å². The van der Waals surface area contributed by atoms with E-state index in [-0.39, 0.29) is 6.04 Å². The summed E-state index contributed by atoms with van der Waals surface area (Å²) in [4.78, 5) is 1.21. The Morgan fingerprint density at radius 2 is 1.94 bits per heavy atom. The van der Waals surface area contributed by atoms with E-state index in [0.29, 0.717) is 11.8 Å². The van der Waals surface area contributed by atoms with Crippen molar-refractivity contribution < 1.29 is 0 Å². The predicted octanol–water partition coefficient (Wildman–Crippen LogP) is 4.21. The number of rotatable bonds is 3. The lowest BCUT2D eigenvalue weighted by Gasteiger charge is -2.08. The summed E-state index contributed by atoms with van der Waals surface area (Å²) in [7, 11) is 0. The topological polar surface area (TPSA) is 26.0 Å². The van der Waals surface area contributed by atoms with Crippen molar-refractivity contribution in [3.63, 3.8) is 0 Å². The highest BCUT2D eigenvalue weighted by molar-refractivity contribution is 7.16. The minimum Gasteiger partial charge on any atom is -0.323 e. The van der Waals surface area contributed by atoms with Crippen LogP contribution in [0.3, 0.4) is 0 Å². The van der Waals surface area contributed by atoms with Crippen LogP contribution < -0.4 is 5.73 Å². The van der Waals surface area contributed by atoms with Gasteiger partial charge in [-0.25, -0.2) is 0 Å². The lowest BCUT2D eigenvalue weighted by Crippen LogP contribution is -2.11. The van der Waals surface area contributed by atoms with Crippen LogP contribution in [0.25, 0.3) is 0 Å². The Morgan fingerprint density at radius 1 is 1.18 bits per heavy atom. The number of hydrogen-bond acceptors (Lipinski definition) is 2. The van der Waals surface area contributed by atoms with E-state index in [1.165, 1.54) is 16.9 Å². The number of thiophene rings is 1. The molecule has 1 aliphatic carbocycles. The molecule has 1 aromatic carbocycles. The number of halogens is 1. The molecule has 0 saturated heterocycles. The van der Waals surface area contributed by atoms with E-state index >= 15 is 0 Å². The number of benzene rings is 1. The van der Waals surface area contributed by atoms with E-state index in [4.69, 9.17) is 17.3 Å². The lowest BCUT2D eigenvalue weighted by molar-refractivity contribution is 0.626. The Morgan fingerprint density at radius 3 is 2.59 bits per heavy atom. The fourth-order valence-corrected chi connectivity index (χ4v) is 3.55. The average molecular weight is 264 g/mol. The first kappa shape index (κ1) is 11.3. The van der Waals surface area contributed by atoms with Gasteiger partial charge in [0.1, 0.15) is 0 Å². The molecule has 1 fully saturated rings. The summed E-state index contributed by atoms with van der Waals surface area (Å²) in [6, 6.07) is 14.8. The first-order valence-electron chi connectivity index (χ1n) is 5.81. The van der Waals surface area contributed by atoms with Crippen LogP contribution in [0, 0.1) is 5.92 Å². The van der Waals surface area contributed by atoms with Crippen molar-refractivity contribution in [1.82, 2.24) is 0 Å². The molecule has 0 amide bonds. The number of nitrogens with two attached hydrogens (primary N) is 1. The van der Waals surface area contributed by atoms with Crippen molar-refractivity contribution in [2.45, 2.75) is 18.4 Å². The molecule has 1 aliphatic rings. The standard InChI is InChI=1S/C14H14ClNS/c15-13-7-6-12(17-13)14(16)11-8-10(11)9-4-2-1-3-5-9/h1-7,10-11,14H,8,16H2. The van der Waals surface area contributed by atoms with Gasteiger partial charge in [0.25, 0.3) is 0 Å². The third-order valence-corrected chi connectivity index (χ3v) is 4.78. The zero-order chi connectivity index (χ0) is 11.8. The van der Waals surface area contributed by atoms with Crippen molar-refractivity contribution in [3.05, 3.63) is 57.2 Å². The molecule has 1 heterocycles. The summed E-state index contributed by atoms with van der Waals surface area (Å²) >= 11 is 7.55. The predicted molar refractivity (Wildman–Crippen MR) is 73.5 cm³/mol. The molecule has 1 aromatic heterocycles. The van der Waals surface area contributed by atoms with Crippen molar-refractivity contribution in [2.75, 3.05) is 0 Å².